The first-order valence-electron chi connectivity index (χ1n) is 4.87. The molecule has 5 nitrogen and oxygen atoms in total. The van der Waals surface area contributed by atoms with Gasteiger partial charge in [-0.15, -0.1) is 0 Å². The van der Waals surface area contributed by atoms with Gasteiger partial charge < -0.3 is 15.1 Å². The van der Waals surface area contributed by atoms with Crippen molar-refractivity contribution in [1.82, 2.24) is 20.8 Å². The zero-order valence-electron chi connectivity index (χ0n) is 8.56. The van der Waals surface area contributed by atoms with E-state index in [9.17, 15) is 0 Å². The SMILES string of the molecule is S=C(NCc1ccn[nH]1)NCc1ccco1. The second kappa shape index (κ2) is 5.32. The van der Waals surface area contributed by atoms with Crippen LogP contribution in [0.3, 0.4) is 0 Å². The molecule has 0 saturated heterocycles. The lowest BCUT2D eigenvalue weighted by molar-refractivity contribution is 0.502. The molecule has 0 bridgehead atoms. The molecule has 16 heavy (non-hydrogen) atoms. The number of aromatic amines is 1. The molecule has 0 atom stereocenters. The number of hydrogen-bond acceptors (Lipinski definition) is 3. The quantitative estimate of drug-likeness (QED) is 0.695. The molecule has 2 heterocycles. The molecule has 2 aromatic rings. The first kappa shape index (κ1) is 10.7. The standard InChI is InChI=1S/C10H12N4OS/c16-10(11-6-8-3-4-13-14-8)12-7-9-2-1-5-15-9/h1-5H,6-7H2,(H,13,14)(H2,11,12,16). The molecule has 0 aliphatic carbocycles. The Bertz CT molecular complexity index is 383. The van der Waals surface area contributed by atoms with Crippen molar-refractivity contribution >= 4 is 17.3 Å². The van der Waals surface area contributed by atoms with E-state index in [0.29, 0.717) is 18.2 Å². The van der Waals surface area contributed by atoms with E-state index in [1.807, 2.05) is 18.2 Å². The Balaban J connectivity index is 1.69. The fraction of sp³-hybridized carbons (Fsp3) is 0.200. The lowest BCUT2D eigenvalue weighted by atomic mass is 10.4. The Morgan fingerprint density at radius 2 is 2.25 bits per heavy atom. The lowest BCUT2D eigenvalue weighted by Crippen LogP contribution is -2.34. The van der Waals surface area contributed by atoms with Gasteiger partial charge in [-0.3, -0.25) is 5.10 Å². The maximum Gasteiger partial charge on any atom is 0.166 e. The zero-order valence-corrected chi connectivity index (χ0v) is 9.38. The Hall–Kier alpha value is -1.82. The fourth-order valence-electron chi connectivity index (χ4n) is 1.20. The van der Waals surface area contributed by atoms with Crippen molar-refractivity contribution in [3.63, 3.8) is 0 Å². The Morgan fingerprint density at radius 3 is 2.94 bits per heavy atom. The van der Waals surface area contributed by atoms with E-state index in [1.165, 1.54) is 0 Å². The van der Waals surface area contributed by atoms with E-state index in [4.69, 9.17) is 16.6 Å². The Kier molecular flexibility index (Phi) is 3.55. The third-order valence-electron chi connectivity index (χ3n) is 2.00. The predicted molar refractivity (Wildman–Crippen MR) is 63.6 cm³/mol. The molecule has 2 rings (SSSR count). The van der Waals surface area contributed by atoms with Crippen molar-refractivity contribution in [2.45, 2.75) is 13.1 Å². The van der Waals surface area contributed by atoms with Gasteiger partial charge in [0, 0.05) is 6.20 Å². The summed E-state index contributed by atoms with van der Waals surface area (Å²) in [4.78, 5) is 0. The van der Waals surface area contributed by atoms with Crippen molar-refractivity contribution in [2.75, 3.05) is 0 Å². The van der Waals surface area contributed by atoms with Gasteiger partial charge in [0.2, 0.25) is 0 Å². The monoisotopic (exact) mass is 236 g/mol. The smallest absolute Gasteiger partial charge is 0.166 e. The fourth-order valence-corrected chi connectivity index (χ4v) is 1.35. The van der Waals surface area contributed by atoms with E-state index >= 15 is 0 Å². The Labute approximate surface area is 98.2 Å². The van der Waals surface area contributed by atoms with Crippen molar-refractivity contribution in [3.05, 3.63) is 42.1 Å². The molecule has 0 amide bonds. The van der Waals surface area contributed by atoms with Gasteiger partial charge in [0.1, 0.15) is 5.76 Å². The van der Waals surface area contributed by atoms with E-state index in [-0.39, 0.29) is 0 Å². The summed E-state index contributed by atoms with van der Waals surface area (Å²) in [6.45, 7) is 1.21. The minimum Gasteiger partial charge on any atom is -0.467 e. The summed E-state index contributed by atoms with van der Waals surface area (Å²) in [5, 5.41) is 13.4. The van der Waals surface area contributed by atoms with Crippen LogP contribution in [0.15, 0.2) is 35.1 Å². The number of rotatable bonds is 4. The molecule has 0 aliphatic rings. The summed E-state index contributed by atoms with van der Waals surface area (Å²) in [6.07, 6.45) is 3.34. The number of H-pyrrole nitrogens is 1. The maximum atomic E-state index is 5.17. The molecule has 3 N–H and O–H groups in total. The van der Waals surface area contributed by atoms with Crippen LogP contribution in [0, 0.1) is 0 Å². The minimum absolute atomic E-state index is 0.585. The molecule has 0 aromatic carbocycles. The lowest BCUT2D eigenvalue weighted by Gasteiger charge is -2.07. The molecule has 6 heteroatoms. The van der Waals surface area contributed by atoms with Crippen molar-refractivity contribution in [3.8, 4) is 0 Å². The molecule has 2 aromatic heterocycles. The normalized spacial score (nSPS) is 10.0. The third kappa shape index (κ3) is 3.09. The summed E-state index contributed by atoms with van der Waals surface area (Å²) in [6, 6.07) is 5.63. The van der Waals surface area contributed by atoms with E-state index < -0.39 is 0 Å². The highest BCUT2D eigenvalue weighted by molar-refractivity contribution is 7.80. The van der Waals surface area contributed by atoms with Gasteiger partial charge in [-0.1, -0.05) is 0 Å². The first-order chi connectivity index (χ1) is 7.84. The topological polar surface area (TPSA) is 65.9 Å². The van der Waals surface area contributed by atoms with Crippen LogP contribution >= 0.6 is 12.2 Å². The third-order valence-corrected chi connectivity index (χ3v) is 2.29. The van der Waals surface area contributed by atoms with Gasteiger partial charge in [0.05, 0.1) is 25.0 Å². The highest BCUT2D eigenvalue weighted by atomic mass is 32.1. The second-order valence-corrected chi connectivity index (χ2v) is 3.61. The van der Waals surface area contributed by atoms with E-state index in [1.54, 1.807) is 12.5 Å². The molecule has 0 aliphatic heterocycles. The van der Waals surface area contributed by atoms with Crippen molar-refractivity contribution in [2.24, 2.45) is 0 Å². The first-order valence-corrected chi connectivity index (χ1v) is 5.28. The average Bonchev–Trinajstić information content (AvgIpc) is 2.96. The predicted octanol–water partition coefficient (Wildman–Crippen LogP) is 1.17. The van der Waals surface area contributed by atoms with Crippen LogP contribution in [0.2, 0.25) is 0 Å². The summed E-state index contributed by atoms with van der Waals surface area (Å²) >= 11 is 5.10. The number of hydrogen-bond donors (Lipinski definition) is 3. The van der Waals surface area contributed by atoms with E-state index in [2.05, 4.69) is 20.8 Å². The molecule has 0 saturated carbocycles. The molecule has 0 radical (unpaired) electrons. The van der Waals surface area contributed by atoms with Crippen molar-refractivity contribution in [1.29, 1.82) is 0 Å². The molecule has 0 unspecified atom stereocenters. The van der Waals surface area contributed by atoms with Gasteiger partial charge in [0.15, 0.2) is 5.11 Å². The summed E-state index contributed by atoms with van der Waals surface area (Å²) in [5.74, 6) is 0.852. The number of furan rings is 1. The van der Waals surface area contributed by atoms with Crippen LogP contribution < -0.4 is 10.6 Å². The van der Waals surface area contributed by atoms with Crippen LogP contribution in [-0.2, 0) is 13.1 Å². The van der Waals surface area contributed by atoms with Gasteiger partial charge in [-0.2, -0.15) is 5.10 Å². The minimum atomic E-state index is 0.585. The second-order valence-electron chi connectivity index (χ2n) is 3.20. The molecule has 84 valence electrons. The largest absolute Gasteiger partial charge is 0.467 e. The zero-order chi connectivity index (χ0) is 11.2. The van der Waals surface area contributed by atoms with Gasteiger partial charge >= 0.3 is 0 Å². The summed E-state index contributed by atoms with van der Waals surface area (Å²) in [7, 11) is 0. The molecule has 0 spiro atoms. The number of thiocarbonyl (C=S) groups is 1. The van der Waals surface area contributed by atoms with Crippen LogP contribution in [-0.4, -0.2) is 15.3 Å². The maximum absolute atomic E-state index is 5.17. The molecular weight excluding hydrogens is 224 g/mol. The number of nitrogens with zero attached hydrogens (tertiary/aromatic N) is 1. The highest BCUT2D eigenvalue weighted by Gasteiger charge is 1.99. The van der Waals surface area contributed by atoms with Gasteiger partial charge in [-0.05, 0) is 30.4 Å². The molecular formula is C10H12N4OS. The summed E-state index contributed by atoms with van der Waals surface area (Å²) in [5.41, 5.74) is 0.988. The van der Waals surface area contributed by atoms with Crippen molar-refractivity contribution < 1.29 is 4.42 Å². The van der Waals surface area contributed by atoms with E-state index in [0.717, 1.165) is 11.5 Å². The van der Waals surface area contributed by atoms with Crippen LogP contribution in [0.5, 0.6) is 0 Å². The number of aromatic nitrogens is 2. The Morgan fingerprint density at radius 1 is 1.38 bits per heavy atom. The highest BCUT2D eigenvalue weighted by Crippen LogP contribution is 1.98. The van der Waals surface area contributed by atoms with Crippen LogP contribution in [0.4, 0.5) is 0 Å². The van der Waals surface area contributed by atoms with Crippen LogP contribution in [0.25, 0.3) is 0 Å². The average molecular weight is 236 g/mol. The number of nitrogens with one attached hydrogen (secondary N) is 3. The summed E-state index contributed by atoms with van der Waals surface area (Å²) < 4.78 is 5.17. The van der Waals surface area contributed by atoms with Gasteiger partial charge in [-0.25, -0.2) is 0 Å². The van der Waals surface area contributed by atoms with Gasteiger partial charge in [0.25, 0.3) is 0 Å². The molecule has 0 fully saturated rings. The van der Waals surface area contributed by atoms with Crippen LogP contribution in [0.1, 0.15) is 11.5 Å².